The Morgan fingerprint density at radius 1 is 1.37 bits per heavy atom. The minimum Gasteiger partial charge on any atom is -0.387 e. The predicted molar refractivity (Wildman–Crippen MR) is 77.8 cm³/mol. The van der Waals surface area contributed by atoms with Crippen LogP contribution in [0.1, 0.15) is 34.8 Å². The summed E-state index contributed by atoms with van der Waals surface area (Å²) in [5.74, 6) is 0. The SMILES string of the molecule is O[C@@]1(CNCCc2nc3c(s2)CCCC3)CCNC1. The largest absolute Gasteiger partial charge is 0.387 e. The molecule has 1 aromatic heterocycles. The van der Waals surface area contributed by atoms with Gasteiger partial charge < -0.3 is 15.7 Å². The third-order valence-electron chi connectivity index (χ3n) is 4.08. The fourth-order valence-corrected chi connectivity index (χ4v) is 4.07. The highest BCUT2D eigenvalue weighted by Crippen LogP contribution is 2.26. The molecule has 1 aromatic rings. The molecule has 3 rings (SSSR count). The number of thiazole rings is 1. The Morgan fingerprint density at radius 2 is 2.26 bits per heavy atom. The summed E-state index contributed by atoms with van der Waals surface area (Å²) in [5.41, 5.74) is 0.812. The van der Waals surface area contributed by atoms with Crippen LogP contribution in [0.15, 0.2) is 0 Å². The molecule has 1 aliphatic heterocycles. The summed E-state index contributed by atoms with van der Waals surface area (Å²) < 4.78 is 0. The van der Waals surface area contributed by atoms with Crippen LogP contribution in [0.5, 0.6) is 0 Å². The molecule has 4 nitrogen and oxygen atoms in total. The van der Waals surface area contributed by atoms with E-state index in [0.29, 0.717) is 13.1 Å². The van der Waals surface area contributed by atoms with Crippen LogP contribution in [0.2, 0.25) is 0 Å². The van der Waals surface area contributed by atoms with E-state index in [0.717, 1.165) is 25.9 Å². The number of aryl methyl sites for hydroxylation is 2. The Balaban J connectivity index is 1.43. The first-order chi connectivity index (χ1) is 9.25. The maximum atomic E-state index is 10.2. The molecule has 0 unspecified atom stereocenters. The zero-order chi connectivity index (χ0) is 13.1. The Labute approximate surface area is 118 Å². The highest BCUT2D eigenvalue weighted by Gasteiger charge is 2.30. The van der Waals surface area contributed by atoms with Gasteiger partial charge in [0.1, 0.15) is 0 Å². The highest BCUT2D eigenvalue weighted by molar-refractivity contribution is 7.11. The van der Waals surface area contributed by atoms with E-state index < -0.39 is 5.60 Å². The second-order valence-corrected chi connectivity index (χ2v) is 6.93. The monoisotopic (exact) mass is 281 g/mol. The van der Waals surface area contributed by atoms with Crippen LogP contribution in [-0.4, -0.2) is 41.9 Å². The van der Waals surface area contributed by atoms with Gasteiger partial charge in [-0.25, -0.2) is 4.98 Å². The molecular weight excluding hydrogens is 258 g/mol. The molecule has 1 fully saturated rings. The number of fused-ring (bicyclic) bond motifs is 1. The van der Waals surface area contributed by atoms with E-state index in [4.69, 9.17) is 4.98 Å². The van der Waals surface area contributed by atoms with Crippen LogP contribution in [0.4, 0.5) is 0 Å². The Morgan fingerprint density at radius 3 is 3.05 bits per heavy atom. The molecule has 0 radical (unpaired) electrons. The summed E-state index contributed by atoms with van der Waals surface area (Å²) in [4.78, 5) is 6.25. The fourth-order valence-electron chi connectivity index (χ4n) is 2.91. The minimum atomic E-state index is -0.540. The van der Waals surface area contributed by atoms with Gasteiger partial charge in [-0.2, -0.15) is 0 Å². The summed E-state index contributed by atoms with van der Waals surface area (Å²) in [6.07, 6.45) is 6.87. The number of nitrogens with one attached hydrogen (secondary N) is 2. The molecule has 106 valence electrons. The number of rotatable bonds is 5. The number of hydrogen-bond donors (Lipinski definition) is 3. The van der Waals surface area contributed by atoms with E-state index in [9.17, 15) is 5.11 Å². The molecule has 0 spiro atoms. The molecule has 0 saturated carbocycles. The van der Waals surface area contributed by atoms with Gasteiger partial charge in [-0.05, 0) is 38.6 Å². The highest BCUT2D eigenvalue weighted by atomic mass is 32.1. The maximum Gasteiger partial charge on any atom is 0.0943 e. The summed E-state index contributed by atoms with van der Waals surface area (Å²) in [7, 11) is 0. The van der Waals surface area contributed by atoms with Crippen molar-refractivity contribution >= 4 is 11.3 Å². The maximum absolute atomic E-state index is 10.2. The number of β-amino-alcohol motifs (C(OH)–C–C–N with tert-alkyl or cyclic N) is 1. The Hall–Kier alpha value is -0.490. The molecule has 2 aliphatic rings. The van der Waals surface area contributed by atoms with Crippen molar-refractivity contribution in [3.8, 4) is 0 Å². The van der Waals surface area contributed by atoms with Crippen molar-refractivity contribution in [1.29, 1.82) is 0 Å². The lowest BCUT2D eigenvalue weighted by atomic mass is 10.0. The normalized spacial score (nSPS) is 26.6. The first-order valence-electron chi connectivity index (χ1n) is 7.36. The molecule has 0 amide bonds. The number of hydrogen-bond acceptors (Lipinski definition) is 5. The average Bonchev–Trinajstić information content (AvgIpc) is 3.01. The molecule has 1 aliphatic carbocycles. The van der Waals surface area contributed by atoms with Crippen molar-refractivity contribution in [3.63, 3.8) is 0 Å². The van der Waals surface area contributed by atoms with Crippen LogP contribution in [-0.2, 0) is 19.3 Å². The van der Waals surface area contributed by atoms with Crippen molar-refractivity contribution in [1.82, 2.24) is 15.6 Å². The molecular formula is C14H23N3OS. The third-order valence-corrected chi connectivity index (χ3v) is 5.30. The molecule has 1 atom stereocenters. The third kappa shape index (κ3) is 3.34. The topological polar surface area (TPSA) is 57.2 Å². The van der Waals surface area contributed by atoms with E-state index in [2.05, 4.69) is 10.6 Å². The second-order valence-electron chi connectivity index (χ2n) is 5.76. The Kier molecular flexibility index (Phi) is 4.17. The number of aromatic nitrogens is 1. The quantitative estimate of drug-likeness (QED) is 0.701. The smallest absolute Gasteiger partial charge is 0.0943 e. The van der Waals surface area contributed by atoms with Gasteiger partial charge in [-0.1, -0.05) is 0 Å². The van der Waals surface area contributed by atoms with Crippen LogP contribution in [0.25, 0.3) is 0 Å². The van der Waals surface area contributed by atoms with E-state index in [1.807, 2.05) is 11.3 Å². The molecule has 19 heavy (non-hydrogen) atoms. The zero-order valence-electron chi connectivity index (χ0n) is 11.4. The van der Waals surface area contributed by atoms with Gasteiger partial charge in [-0.3, -0.25) is 0 Å². The first-order valence-corrected chi connectivity index (χ1v) is 8.18. The van der Waals surface area contributed by atoms with Gasteiger partial charge in [0, 0.05) is 30.9 Å². The summed E-state index contributed by atoms with van der Waals surface area (Å²) in [6, 6.07) is 0. The molecule has 2 heterocycles. The van der Waals surface area contributed by atoms with Gasteiger partial charge >= 0.3 is 0 Å². The first kappa shape index (κ1) is 13.5. The van der Waals surface area contributed by atoms with Crippen molar-refractivity contribution in [2.45, 2.75) is 44.1 Å². The Bertz CT molecular complexity index is 403. The second kappa shape index (κ2) is 5.87. The van der Waals surface area contributed by atoms with Gasteiger partial charge in [-0.15, -0.1) is 11.3 Å². The van der Waals surface area contributed by atoms with Crippen molar-refractivity contribution in [3.05, 3.63) is 15.6 Å². The van der Waals surface area contributed by atoms with E-state index in [1.54, 1.807) is 0 Å². The van der Waals surface area contributed by atoms with Crippen LogP contribution >= 0.6 is 11.3 Å². The predicted octanol–water partition coefficient (Wildman–Crippen LogP) is 0.878. The molecule has 0 bridgehead atoms. The fraction of sp³-hybridized carbons (Fsp3) is 0.786. The zero-order valence-corrected chi connectivity index (χ0v) is 12.2. The number of nitrogens with zero attached hydrogens (tertiary/aromatic N) is 1. The molecule has 0 aromatic carbocycles. The van der Waals surface area contributed by atoms with Crippen molar-refractivity contribution in [2.75, 3.05) is 26.2 Å². The lowest BCUT2D eigenvalue weighted by Crippen LogP contribution is -2.42. The van der Waals surface area contributed by atoms with Crippen LogP contribution < -0.4 is 10.6 Å². The van der Waals surface area contributed by atoms with Crippen molar-refractivity contribution < 1.29 is 5.11 Å². The van der Waals surface area contributed by atoms with E-state index in [1.165, 1.54) is 41.3 Å². The summed E-state index contributed by atoms with van der Waals surface area (Å²) >= 11 is 1.89. The van der Waals surface area contributed by atoms with Crippen LogP contribution in [0.3, 0.4) is 0 Å². The van der Waals surface area contributed by atoms with Gasteiger partial charge in [0.15, 0.2) is 0 Å². The summed E-state index contributed by atoms with van der Waals surface area (Å²) in [5, 5.41) is 18.0. The van der Waals surface area contributed by atoms with Crippen LogP contribution in [0, 0.1) is 0 Å². The van der Waals surface area contributed by atoms with Crippen molar-refractivity contribution in [2.24, 2.45) is 0 Å². The molecule has 1 saturated heterocycles. The standard InChI is InChI=1S/C14H23N3OS/c18-14(6-8-16-10-14)9-15-7-5-13-17-11-3-1-2-4-12(11)19-13/h15-16,18H,1-10H2/t14-/m1/s1. The average molecular weight is 281 g/mol. The lowest BCUT2D eigenvalue weighted by Gasteiger charge is -2.21. The summed E-state index contributed by atoms with van der Waals surface area (Å²) in [6.45, 7) is 3.24. The van der Waals surface area contributed by atoms with E-state index in [-0.39, 0.29) is 0 Å². The molecule has 5 heteroatoms. The van der Waals surface area contributed by atoms with E-state index >= 15 is 0 Å². The van der Waals surface area contributed by atoms with Gasteiger partial charge in [0.2, 0.25) is 0 Å². The minimum absolute atomic E-state index is 0.540. The number of aliphatic hydroxyl groups is 1. The van der Waals surface area contributed by atoms with Gasteiger partial charge in [0.05, 0.1) is 16.3 Å². The lowest BCUT2D eigenvalue weighted by molar-refractivity contribution is 0.0615. The molecule has 3 N–H and O–H groups in total. The van der Waals surface area contributed by atoms with Gasteiger partial charge in [0.25, 0.3) is 0 Å².